The number of hydrogen-bond donors (Lipinski definition) is 0. The molecule has 0 radical (unpaired) electrons. The number of nitrogens with zero attached hydrogens (tertiary/aromatic N) is 3. The molecule has 2 aromatic carbocycles. The van der Waals surface area contributed by atoms with Crippen molar-refractivity contribution >= 4 is 40.7 Å². The van der Waals surface area contributed by atoms with E-state index in [9.17, 15) is 4.79 Å². The molecular formula is C19H18ClN3OS. The summed E-state index contributed by atoms with van der Waals surface area (Å²) in [6.07, 6.45) is 2.43. The van der Waals surface area contributed by atoms with Crippen molar-refractivity contribution in [1.82, 2.24) is 4.90 Å². The monoisotopic (exact) mass is 371 g/mol. The van der Waals surface area contributed by atoms with Crippen molar-refractivity contribution in [3.63, 3.8) is 0 Å². The van der Waals surface area contributed by atoms with Gasteiger partial charge in [0, 0.05) is 5.02 Å². The molecule has 0 N–H and O–H groups in total. The Hall–Kier alpha value is -2.11. The molecule has 0 aromatic heterocycles. The van der Waals surface area contributed by atoms with Gasteiger partial charge in [0.2, 0.25) is 5.91 Å². The number of halogens is 1. The summed E-state index contributed by atoms with van der Waals surface area (Å²) in [4.78, 5) is 14.3. The molecule has 2 aromatic rings. The van der Waals surface area contributed by atoms with Crippen LogP contribution in [-0.2, 0) is 11.3 Å². The Morgan fingerprint density at radius 3 is 2.56 bits per heavy atom. The Morgan fingerprint density at radius 1 is 1.16 bits per heavy atom. The average Bonchev–Trinajstić information content (AvgIpc) is 2.93. The number of carbonyl (C=O) groups is 1. The first-order chi connectivity index (χ1) is 12.2. The van der Waals surface area contributed by atoms with E-state index in [4.69, 9.17) is 11.6 Å². The maximum Gasteiger partial charge on any atom is 0.242 e. The minimum Gasteiger partial charge on any atom is -0.284 e. The van der Waals surface area contributed by atoms with Gasteiger partial charge < -0.3 is 0 Å². The van der Waals surface area contributed by atoms with Crippen LogP contribution in [0.4, 0.5) is 0 Å². The molecule has 4 nitrogen and oxygen atoms in total. The highest BCUT2D eigenvalue weighted by molar-refractivity contribution is 8.15. The smallest absolute Gasteiger partial charge is 0.242 e. The van der Waals surface area contributed by atoms with Gasteiger partial charge in [-0.3, -0.25) is 9.69 Å². The predicted molar refractivity (Wildman–Crippen MR) is 105 cm³/mol. The van der Waals surface area contributed by atoms with Gasteiger partial charge in [-0.05, 0) is 29.7 Å². The van der Waals surface area contributed by atoms with Gasteiger partial charge >= 0.3 is 0 Å². The van der Waals surface area contributed by atoms with E-state index in [1.54, 1.807) is 23.2 Å². The molecule has 1 atom stereocenters. The van der Waals surface area contributed by atoms with E-state index >= 15 is 0 Å². The second-order valence-electron chi connectivity index (χ2n) is 5.60. The second-order valence-corrected chi connectivity index (χ2v) is 7.21. The topological polar surface area (TPSA) is 45.0 Å². The minimum atomic E-state index is -0.0896. The maximum atomic E-state index is 12.6. The Balaban J connectivity index is 1.78. The number of thioether (sulfide) groups is 1. The second kappa shape index (κ2) is 8.32. The van der Waals surface area contributed by atoms with Gasteiger partial charge in [0.05, 0.1) is 18.0 Å². The largest absolute Gasteiger partial charge is 0.284 e. The molecule has 128 valence electrons. The summed E-state index contributed by atoms with van der Waals surface area (Å²) in [5, 5.41) is 9.68. The third-order valence-corrected chi connectivity index (χ3v) is 5.38. The fourth-order valence-corrected chi connectivity index (χ4v) is 3.60. The van der Waals surface area contributed by atoms with Crippen LogP contribution in [0.5, 0.6) is 0 Å². The summed E-state index contributed by atoms with van der Waals surface area (Å²) in [6.45, 7) is 2.52. The zero-order valence-corrected chi connectivity index (χ0v) is 15.4. The van der Waals surface area contributed by atoms with E-state index < -0.39 is 0 Å². The predicted octanol–water partition coefficient (Wildman–Crippen LogP) is 4.58. The highest BCUT2D eigenvalue weighted by atomic mass is 35.5. The molecule has 1 heterocycles. The molecule has 1 fully saturated rings. The third-order valence-electron chi connectivity index (χ3n) is 3.79. The van der Waals surface area contributed by atoms with E-state index in [1.165, 1.54) is 11.8 Å². The van der Waals surface area contributed by atoms with Crippen LogP contribution in [-0.4, -0.2) is 27.4 Å². The van der Waals surface area contributed by atoms with E-state index in [2.05, 4.69) is 10.2 Å². The lowest BCUT2D eigenvalue weighted by Crippen LogP contribution is -2.31. The van der Waals surface area contributed by atoms with Gasteiger partial charge in [-0.15, -0.1) is 5.10 Å². The van der Waals surface area contributed by atoms with Crippen LogP contribution < -0.4 is 0 Å². The quantitative estimate of drug-likeness (QED) is 0.570. The standard InChI is InChI=1S/C19H18ClN3OS/c1-2-17-18(24)23(13-15-6-4-3-5-7-15)19(25-17)22-21-12-14-8-10-16(20)11-9-14/h3-12,17H,2,13H2,1H3/b21-12-,22-19+/t17-/m0/s1. The highest BCUT2D eigenvalue weighted by Crippen LogP contribution is 2.30. The summed E-state index contributed by atoms with van der Waals surface area (Å²) in [6, 6.07) is 17.3. The Kier molecular flexibility index (Phi) is 5.89. The third kappa shape index (κ3) is 4.50. The maximum absolute atomic E-state index is 12.6. The van der Waals surface area contributed by atoms with E-state index in [0.29, 0.717) is 16.7 Å². The molecule has 0 unspecified atom stereocenters. The van der Waals surface area contributed by atoms with Gasteiger partial charge in [0.1, 0.15) is 0 Å². The lowest BCUT2D eigenvalue weighted by molar-refractivity contribution is -0.126. The van der Waals surface area contributed by atoms with Crippen LogP contribution in [0.1, 0.15) is 24.5 Å². The van der Waals surface area contributed by atoms with Crippen LogP contribution in [0, 0.1) is 0 Å². The van der Waals surface area contributed by atoms with Gasteiger partial charge in [0.15, 0.2) is 5.17 Å². The van der Waals surface area contributed by atoms with Crippen molar-refractivity contribution in [3.8, 4) is 0 Å². The van der Waals surface area contributed by atoms with Crippen LogP contribution in [0.25, 0.3) is 0 Å². The summed E-state index contributed by atoms with van der Waals surface area (Å²) in [5.74, 6) is 0.0943. The molecule has 0 saturated carbocycles. The zero-order chi connectivity index (χ0) is 17.6. The first-order valence-electron chi connectivity index (χ1n) is 8.06. The molecule has 1 aliphatic rings. The van der Waals surface area contributed by atoms with Gasteiger partial charge in [-0.2, -0.15) is 5.10 Å². The summed E-state index contributed by atoms with van der Waals surface area (Å²) < 4.78 is 0. The molecule has 0 bridgehead atoms. The van der Waals surface area contributed by atoms with Crippen molar-refractivity contribution in [1.29, 1.82) is 0 Å². The molecule has 25 heavy (non-hydrogen) atoms. The zero-order valence-electron chi connectivity index (χ0n) is 13.8. The minimum absolute atomic E-state index is 0.0896. The van der Waals surface area contributed by atoms with E-state index in [0.717, 1.165) is 17.5 Å². The molecule has 1 aliphatic heterocycles. The first-order valence-corrected chi connectivity index (χ1v) is 9.31. The Morgan fingerprint density at radius 2 is 1.88 bits per heavy atom. The molecule has 0 spiro atoms. The average molecular weight is 372 g/mol. The summed E-state index contributed by atoms with van der Waals surface area (Å²) in [5.41, 5.74) is 1.98. The van der Waals surface area contributed by atoms with Gasteiger partial charge in [0.25, 0.3) is 0 Å². The van der Waals surface area contributed by atoms with Crippen LogP contribution >= 0.6 is 23.4 Å². The van der Waals surface area contributed by atoms with Crippen molar-refractivity contribution in [2.24, 2.45) is 10.2 Å². The number of benzene rings is 2. The van der Waals surface area contributed by atoms with Crippen molar-refractivity contribution in [2.45, 2.75) is 25.1 Å². The van der Waals surface area contributed by atoms with Crippen molar-refractivity contribution < 1.29 is 4.79 Å². The number of amidine groups is 1. The Bertz CT molecular complexity index is 790. The molecule has 0 aliphatic carbocycles. The number of carbonyl (C=O) groups excluding carboxylic acids is 1. The van der Waals surface area contributed by atoms with Gasteiger partial charge in [-0.25, -0.2) is 0 Å². The van der Waals surface area contributed by atoms with Crippen LogP contribution in [0.3, 0.4) is 0 Å². The van der Waals surface area contributed by atoms with Gasteiger partial charge in [-0.1, -0.05) is 72.8 Å². The fourth-order valence-electron chi connectivity index (χ4n) is 2.45. The number of amides is 1. The number of rotatable bonds is 5. The van der Waals surface area contributed by atoms with E-state index in [1.807, 2.05) is 49.4 Å². The number of hydrogen-bond acceptors (Lipinski definition) is 4. The molecule has 1 saturated heterocycles. The molecule has 1 amide bonds. The van der Waals surface area contributed by atoms with Crippen molar-refractivity contribution in [3.05, 3.63) is 70.7 Å². The molecule has 3 rings (SSSR count). The summed E-state index contributed by atoms with van der Waals surface area (Å²) in [7, 11) is 0. The molecule has 6 heteroatoms. The Labute approximate surface area is 156 Å². The first kappa shape index (κ1) is 17.7. The van der Waals surface area contributed by atoms with Crippen LogP contribution in [0.15, 0.2) is 64.8 Å². The lowest BCUT2D eigenvalue weighted by Gasteiger charge is -2.15. The lowest BCUT2D eigenvalue weighted by atomic mass is 10.2. The van der Waals surface area contributed by atoms with Crippen LogP contribution in [0.2, 0.25) is 5.02 Å². The fraction of sp³-hybridized carbons (Fsp3) is 0.211. The van der Waals surface area contributed by atoms with E-state index in [-0.39, 0.29) is 11.2 Å². The normalized spacial score (nSPS) is 19.3. The summed E-state index contributed by atoms with van der Waals surface area (Å²) >= 11 is 7.35. The molecular weight excluding hydrogens is 354 g/mol. The highest BCUT2D eigenvalue weighted by Gasteiger charge is 2.36. The SMILES string of the molecule is CC[C@@H]1S/C(=N/N=C\c2ccc(Cl)cc2)N(Cc2ccccc2)C1=O. The van der Waals surface area contributed by atoms with Crippen molar-refractivity contribution in [2.75, 3.05) is 0 Å².